The summed E-state index contributed by atoms with van der Waals surface area (Å²) in [5.41, 5.74) is 7.55. The molecule has 1 N–H and O–H groups in total. The van der Waals surface area contributed by atoms with E-state index in [4.69, 9.17) is 22.4 Å². The van der Waals surface area contributed by atoms with Gasteiger partial charge in [-0.2, -0.15) is 24.3 Å². The molecule has 0 bridgehead atoms. The number of nitrogens with one attached hydrogen (secondary N) is 1. The van der Waals surface area contributed by atoms with E-state index in [1.54, 1.807) is 0 Å². The van der Waals surface area contributed by atoms with Crippen LogP contribution in [0.3, 0.4) is 0 Å². The van der Waals surface area contributed by atoms with Gasteiger partial charge in [0.1, 0.15) is 11.5 Å². The van der Waals surface area contributed by atoms with Gasteiger partial charge in [0.05, 0.1) is 22.3 Å². The smallest absolute Gasteiger partial charge is 0.119 e. The van der Waals surface area contributed by atoms with E-state index in [2.05, 4.69) is 99.7 Å². The van der Waals surface area contributed by atoms with Crippen molar-refractivity contribution in [2.45, 2.75) is 115 Å². The normalized spacial score (nSPS) is 15.1. The number of para-hydroxylation sites is 1. The Hall–Kier alpha value is -2.72. The van der Waals surface area contributed by atoms with Crippen molar-refractivity contribution in [3.05, 3.63) is 97.1 Å². The Morgan fingerprint density at radius 3 is 1.68 bits per heavy atom. The summed E-state index contributed by atoms with van der Waals surface area (Å²) in [6, 6.07) is 36.2. The average molecular weight is 849 g/mol. The first-order chi connectivity index (χ1) is 25.0. The Morgan fingerprint density at radius 1 is 0.698 bits per heavy atom. The van der Waals surface area contributed by atoms with Crippen molar-refractivity contribution in [2.75, 3.05) is 18.6 Å². The van der Waals surface area contributed by atoms with Crippen LogP contribution in [0, 0.1) is 12.1 Å². The van der Waals surface area contributed by atoms with Crippen LogP contribution in [0.25, 0.3) is 22.3 Å². The molecule has 2 aliphatic carbocycles. The van der Waals surface area contributed by atoms with Crippen LogP contribution < -0.4 is 20.1 Å². The van der Waals surface area contributed by atoms with Gasteiger partial charge in [0, 0.05) is 39.3 Å². The SMILES string of the molecule is CC(C)Oc1cccc(OC(C)C)c1-c1ccc[c-]c1P(C1CCCCC1)C1CCCCC1.CNc1ccccc1-c1[c-]cccc1.CS(=O)(=O)[O-].[Pd]. The van der Waals surface area contributed by atoms with Crippen molar-refractivity contribution in [2.24, 2.45) is 0 Å². The molecule has 0 saturated heterocycles. The van der Waals surface area contributed by atoms with Gasteiger partial charge >= 0.3 is 0 Å². The topological polar surface area (TPSA) is 87.7 Å². The van der Waals surface area contributed by atoms with Crippen LogP contribution in [0.4, 0.5) is 5.69 Å². The van der Waals surface area contributed by atoms with Gasteiger partial charge < -0.3 is 19.3 Å². The summed E-state index contributed by atoms with van der Waals surface area (Å²) in [4.78, 5) is 0. The molecule has 6 rings (SSSR count). The Labute approximate surface area is 335 Å². The van der Waals surface area contributed by atoms with Crippen LogP contribution in [0.5, 0.6) is 11.5 Å². The van der Waals surface area contributed by atoms with Crippen LogP contribution in [-0.4, -0.2) is 49.8 Å². The fourth-order valence-corrected chi connectivity index (χ4v) is 11.1. The maximum atomic E-state index is 9.08. The Bertz CT molecular complexity index is 1700. The molecule has 2 fully saturated rings. The monoisotopic (exact) mass is 848 g/mol. The second-order valence-electron chi connectivity index (χ2n) is 14.2. The molecular formula is C44H57NO5PPdS-3. The standard InChI is InChI=1S/C30H42O2P.C13H12N.CH4O3S.Pd/c1-22(2)31-27-19-13-20-28(32-23(3)4)30(27)26-18-11-12-21-29(26)33(24-14-7-5-8-15-24)25-16-9-6-10-17-25;1-14-13-10-6-5-9-12(13)11-7-3-2-4-8-11;1-5(2,3)4;/h11-13,18-20,22-25H,5-10,14-17H2,1-4H3;2-7,9-10,14H,1H3;1H3,(H,2,3,4);/q2*-1;;/p-1. The first-order valence-electron chi connectivity index (χ1n) is 18.9. The molecule has 6 nitrogen and oxygen atoms in total. The second-order valence-corrected chi connectivity index (χ2v) is 18.3. The van der Waals surface area contributed by atoms with E-state index in [1.165, 1.54) is 80.6 Å². The molecule has 4 aromatic carbocycles. The number of hydrogen-bond acceptors (Lipinski definition) is 6. The predicted molar refractivity (Wildman–Crippen MR) is 218 cm³/mol. The van der Waals surface area contributed by atoms with E-state index in [9.17, 15) is 0 Å². The molecule has 2 saturated carbocycles. The van der Waals surface area contributed by atoms with Gasteiger partial charge in [0.15, 0.2) is 0 Å². The molecule has 0 aliphatic heterocycles. The Balaban J connectivity index is 0.000000312. The molecule has 53 heavy (non-hydrogen) atoms. The zero-order valence-corrected chi connectivity index (χ0v) is 35.4. The van der Waals surface area contributed by atoms with Gasteiger partial charge in [-0.3, -0.25) is 0 Å². The van der Waals surface area contributed by atoms with Crippen molar-refractivity contribution < 1.29 is 42.9 Å². The van der Waals surface area contributed by atoms with E-state index in [-0.39, 0.29) is 40.6 Å². The predicted octanol–water partition coefficient (Wildman–Crippen LogP) is 10.9. The Kier molecular flexibility index (Phi) is 19.1. The van der Waals surface area contributed by atoms with Crippen LogP contribution >= 0.6 is 7.92 Å². The number of ether oxygens (including phenoxy) is 2. The zero-order chi connectivity index (χ0) is 37.5. The minimum atomic E-state index is -3.92. The third-order valence-corrected chi connectivity index (χ3v) is 12.7. The number of rotatable bonds is 10. The Morgan fingerprint density at radius 2 is 1.19 bits per heavy atom. The van der Waals surface area contributed by atoms with Crippen molar-refractivity contribution in [3.8, 4) is 33.8 Å². The van der Waals surface area contributed by atoms with E-state index < -0.39 is 10.1 Å². The molecule has 2 aliphatic rings. The zero-order valence-electron chi connectivity index (χ0n) is 32.2. The summed E-state index contributed by atoms with van der Waals surface area (Å²) < 4.78 is 40.0. The van der Waals surface area contributed by atoms with Crippen LogP contribution in [0.1, 0.15) is 91.9 Å². The number of benzene rings is 4. The summed E-state index contributed by atoms with van der Waals surface area (Å²) in [7, 11) is -2.25. The molecular weight excluding hydrogens is 792 g/mol. The van der Waals surface area contributed by atoms with E-state index in [0.29, 0.717) is 6.26 Å². The third-order valence-electron chi connectivity index (χ3n) is 9.21. The molecule has 0 radical (unpaired) electrons. The molecule has 0 amide bonds. The molecule has 4 aromatic rings. The average Bonchev–Trinajstić information content (AvgIpc) is 3.13. The van der Waals surface area contributed by atoms with Crippen LogP contribution in [-0.2, 0) is 30.5 Å². The molecule has 292 valence electrons. The first kappa shape index (κ1) is 44.7. The van der Waals surface area contributed by atoms with Gasteiger partial charge in [-0.1, -0.05) is 76.3 Å². The quantitative estimate of drug-likeness (QED) is 0.0740. The molecule has 0 aromatic heterocycles. The molecule has 0 unspecified atom stereocenters. The van der Waals surface area contributed by atoms with Crippen molar-refractivity contribution in [1.82, 2.24) is 0 Å². The largest absolute Gasteiger partial charge is 0.748 e. The minimum Gasteiger partial charge on any atom is -0.748 e. The van der Waals surface area contributed by atoms with Gasteiger partial charge in [0.25, 0.3) is 0 Å². The van der Waals surface area contributed by atoms with Gasteiger partial charge in [0.2, 0.25) is 0 Å². The summed E-state index contributed by atoms with van der Waals surface area (Å²) in [6.07, 6.45) is 14.8. The minimum absolute atomic E-state index is 0. The van der Waals surface area contributed by atoms with Crippen LogP contribution in [0.2, 0.25) is 0 Å². The molecule has 0 heterocycles. The molecule has 0 atom stereocenters. The van der Waals surface area contributed by atoms with Gasteiger partial charge in [-0.05, 0) is 88.6 Å². The first-order valence-corrected chi connectivity index (χ1v) is 22.2. The summed E-state index contributed by atoms with van der Waals surface area (Å²) >= 11 is 0. The van der Waals surface area contributed by atoms with Crippen molar-refractivity contribution >= 4 is 29.0 Å². The van der Waals surface area contributed by atoms with E-state index >= 15 is 0 Å². The van der Waals surface area contributed by atoms with Crippen molar-refractivity contribution in [3.63, 3.8) is 0 Å². The van der Waals surface area contributed by atoms with E-state index in [1.807, 2.05) is 37.4 Å². The molecule has 0 spiro atoms. The van der Waals surface area contributed by atoms with Crippen LogP contribution in [0.15, 0.2) is 84.9 Å². The van der Waals surface area contributed by atoms with Gasteiger partial charge in [-0.25, -0.2) is 8.42 Å². The fraction of sp³-hybridized carbons (Fsp3) is 0.455. The maximum Gasteiger partial charge on any atom is 0.119 e. The fourth-order valence-electron chi connectivity index (χ4n) is 7.20. The second kappa shape index (κ2) is 22.6. The van der Waals surface area contributed by atoms with Gasteiger partial charge in [-0.15, -0.1) is 46.8 Å². The maximum absolute atomic E-state index is 9.08. The summed E-state index contributed by atoms with van der Waals surface area (Å²) in [5.74, 6) is 1.87. The number of anilines is 1. The summed E-state index contributed by atoms with van der Waals surface area (Å²) in [5, 5.41) is 4.65. The number of hydrogen-bond donors (Lipinski definition) is 1. The third kappa shape index (κ3) is 14.5. The summed E-state index contributed by atoms with van der Waals surface area (Å²) in [6.45, 7) is 8.42. The molecule has 9 heteroatoms. The van der Waals surface area contributed by atoms with E-state index in [0.717, 1.165) is 39.6 Å². The van der Waals surface area contributed by atoms with Crippen molar-refractivity contribution in [1.29, 1.82) is 0 Å².